The zero-order chi connectivity index (χ0) is 26.2. The Hall–Kier alpha value is -3.55. The summed E-state index contributed by atoms with van der Waals surface area (Å²) >= 11 is 0. The van der Waals surface area contributed by atoms with Crippen molar-refractivity contribution in [3.63, 3.8) is 0 Å². The number of amides is 1. The first-order valence-electron chi connectivity index (χ1n) is 13.2. The molecule has 0 atom stereocenters. The van der Waals surface area contributed by atoms with Crippen molar-refractivity contribution in [2.24, 2.45) is 0 Å². The molecule has 2 aliphatic rings. The van der Waals surface area contributed by atoms with Gasteiger partial charge in [0.05, 0.1) is 16.2 Å². The van der Waals surface area contributed by atoms with Crippen molar-refractivity contribution in [2.75, 3.05) is 32.7 Å². The second-order valence-electron chi connectivity index (χ2n) is 10.5. The van der Waals surface area contributed by atoms with Crippen molar-refractivity contribution in [2.45, 2.75) is 28.9 Å². The minimum Gasteiger partial charge on any atom is -0.336 e. The van der Waals surface area contributed by atoms with E-state index in [2.05, 4.69) is 40.2 Å². The summed E-state index contributed by atoms with van der Waals surface area (Å²) < 4.78 is 26.4. The van der Waals surface area contributed by atoms with Crippen LogP contribution in [-0.2, 0) is 21.0 Å². The van der Waals surface area contributed by atoms with Gasteiger partial charge >= 0.3 is 0 Å². The Morgan fingerprint density at radius 2 is 1.53 bits per heavy atom. The predicted octanol–water partition coefficient (Wildman–Crippen LogP) is 4.70. The Kier molecular flexibility index (Phi) is 6.50. The van der Waals surface area contributed by atoms with Crippen LogP contribution in [0.5, 0.6) is 0 Å². The number of sulfone groups is 1. The molecule has 0 unspecified atom stereocenters. The second-order valence-corrected chi connectivity index (χ2v) is 12.5. The summed E-state index contributed by atoms with van der Waals surface area (Å²) in [4.78, 5) is 22.1. The quantitative estimate of drug-likeness (QED) is 0.350. The van der Waals surface area contributed by atoms with Gasteiger partial charge in [-0.3, -0.25) is 14.7 Å². The molecule has 3 aromatic carbocycles. The van der Waals surface area contributed by atoms with Gasteiger partial charge in [-0.15, -0.1) is 0 Å². The molecule has 1 saturated carbocycles. The summed E-state index contributed by atoms with van der Waals surface area (Å²) in [7, 11) is -3.59. The van der Waals surface area contributed by atoms with E-state index in [0.29, 0.717) is 29.7 Å². The van der Waals surface area contributed by atoms with Crippen LogP contribution in [0.1, 0.15) is 34.3 Å². The number of aromatic nitrogens is 1. The molecule has 1 aromatic heterocycles. The fourth-order valence-electron chi connectivity index (χ4n) is 5.57. The van der Waals surface area contributed by atoms with E-state index in [9.17, 15) is 13.2 Å². The largest absolute Gasteiger partial charge is 0.336 e. The number of rotatable bonds is 7. The molecule has 2 heterocycles. The Morgan fingerprint density at radius 3 is 2.24 bits per heavy atom. The Balaban J connectivity index is 1.07. The second kappa shape index (κ2) is 9.97. The highest BCUT2D eigenvalue weighted by atomic mass is 32.2. The van der Waals surface area contributed by atoms with Crippen LogP contribution in [0, 0.1) is 0 Å². The molecule has 0 bridgehead atoms. The lowest BCUT2D eigenvalue weighted by Crippen LogP contribution is -2.50. The van der Waals surface area contributed by atoms with E-state index in [1.165, 1.54) is 18.4 Å². The van der Waals surface area contributed by atoms with E-state index in [1.807, 2.05) is 17.0 Å². The molecule has 1 aliphatic heterocycles. The van der Waals surface area contributed by atoms with Gasteiger partial charge in [0.1, 0.15) is 0 Å². The van der Waals surface area contributed by atoms with Crippen molar-refractivity contribution < 1.29 is 13.2 Å². The van der Waals surface area contributed by atoms with E-state index in [1.54, 1.807) is 48.7 Å². The van der Waals surface area contributed by atoms with Crippen molar-refractivity contribution in [3.05, 3.63) is 108 Å². The number of piperazine rings is 1. The normalized spacial score (nSPS) is 17.4. The topological polar surface area (TPSA) is 70.6 Å². The predicted molar refractivity (Wildman–Crippen MR) is 149 cm³/mol. The van der Waals surface area contributed by atoms with Crippen LogP contribution in [-0.4, -0.2) is 61.8 Å². The Labute approximate surface area is 223 Å². The Bertz CT molecular complexity index is 1550. The summed E-state index contributed by atoms with van der Waals surface area (Å²) in [5.74, 6) is -0.138. The van der Waals surface area contributed by atoms with Gasteiger partial charge in [0.25, 0.3) is 5.91 Å². The van der Waals surface area contributed by atoms with Gasteiger partial charge in [-0.1, -0.05) is 60.7 Å². The van der Waals surface area contributed by atoms with Gasteiger partial charge in [0.2, 0.25) is 0 Å². The highest BCUT2D eigenvalue weighted by molar-refractivity contribution is 7.90. The van der Waals surface area contributed by atoms with Crippen molar-refractivity contribution in [1.82, 2.24) is 14.8 Å². The number of carbonyl (C=O) groups excluding carboxylic acids is 1. The van der Waals surface area contributed by atoms with Gasteiger partial charge in [-0.2, -0.15) is 0 Å². The van der Waals surface area contributed by atoms with Crippen LogP contribution < -0.4 is 0 Å². The van der Waals surface area contributed by atoms with Crippen LogP contribution in [0.15, 0.2) is 96.0 Å². The highest BCUT2D eigenvalue weighted by Crippen LogP contribution is 2.48. The van der Waals surface area contributed by atoms with Crippen LogP contribution in [0.3, 0.4) is 0 Å². The minimum atomic E-state index is -3.59. The first-order chi connectivity index (χ1) is 18.4. The maximum absolute atomic E-state index is 13.2. The number of nitrogens with zero attached hydrogens (tertiary/aromatic N) is 3. The third-order valence-electron chi connectivity index (χ3n) is 7.91. The van der Waals surface area contributed by atoms with Gasteiger partial charge in [0, 0.05) is 55.3 Å². The van der Waals surface area contributed by atoms with Gasteiger partial charge in [0.15, 0.2) is 9.84 Å². The third kappa shape index (κ3) is 4.96. The molecule has 7 heteroatoms. The zero-order valence-electron chi connectivity index (χ0n) is 21.3. The number of fused-ring (bicyclic) bond motifs is 1. The molecule has 1 aliphatic carbocycles. The maximum atomic E-state index is 13.2. The summed E-state index contributed by atoms with van der Waals surface area (Å²) in [6.07, 6.45) is 4.07. The molecule has 1 amide bonds. The molecular weight excluding hydrogens is 494 g/mol. The molecule has 0 radical (unpaired) electrons. The fourth-order valence-corrected chi connectivity index (χ4v) is 7.11. The van der Waals surface area contributed by atoms with Crippen molar-refractivity contribution in [1.29, 1.82) is 0 Å². The minimum absolute atomic E-state index is 0.00139. The van der Waals surface area contributed by atoms with Crippen LogP contribution >= 0.6 is 0 Å². The summed E-state index contributed by atoms with van der Waals surface area (Å²) in [6, 6.07) is 26.6. The van der Waals surface area contributed by atoms with E-state index in [4.69, 9.17) is 0 Å². The number of hydrogen-bond acceptors (Lipinski definition) is 5. The third-order valence-corrected chi connectivity index (χ3v) is 9.63. The summed E-state index contributed by atoms with van der Waals surface area (Å²) in [5.41, 5.74) is 3.44. The first kappa shape index (κ1) is 24.8. The average molecular weight is 526 g/mol. The van der Waals surface area contributed by atoms with E-state index in [0.717, 1.165) is 25.0 Å². The summed E-state index contributed by atoms with van der Waals surface area (Å²) in [6.45, 7) is 4.20. The monoisotopic (exact) mass is 525 g/mol. The molecule has 4 aromatic rings. The van der Waals surface area contributed by atoms with Crippen molar-refractivity contribution in [3.8, 4) is 0 Å². The smallest absolute Gasteiger partial charge is 0.253 e. The number of pyridine rings is 1. The molecule has 1 saturated heterocycles. The molecule has 38 heavy (non-hydrogen) atoms. The van der Waals surface area contributed by atoms with Gasteiger partial charge in [-0.05, 0) is 48.2 Å². The van der Waals surface area contributed by atoms with E-state index < -0.39 is 9.84 Å². The van der Waals surface area contributed by atoms with E-state index >= 15 is 0 Å². The number of para-hydroxylation sites is 1. The van der Waals surface area contributed by atoms with Gasteiger partial charge < -0.3 is 4.90 Å². The Morgan fingerprint density at radius 1 is 0.816 bits per heavy atom. The maximum Gasteiger partial charge on any atom is 0.253 e. The average Bonchev–Trinajstić information content (AvgIpc) is 3.74. The number of hydrogen-bond donors (Lipinski definition) is 0. The van der Waals surface area contributed by atoms with Gasteiger partial charge in [-0.25, -0.2) is 8.42 Å². The molecule has 194 valence electrons. The molecule has 2 fully saturated rings. The SMILES string of the molecule is O=C(c1ccc(CS(=O)(=O)c2cccc3cccnc23)cc1)N1CCN(CC2(c3ccccc3)CC2)CC1. The van der Waals surface area contributed by atoms with Crippen LogP contribution in [0.2, 0.25) is 0 Å². The fraction of sp³-hybridized carbons (Fsp3) is 0.290. The van der Waals surface area contributed by atoms with E-state index in [-0.39, 0.29) is 22.0 Å². The number of carbonyl (C=O) groups is 1. The molecule has 6 nitrogen and oxygen atoms in total. The van der Waals surface area contributed by atoms with Crippen LogP contribution in [0.25, 0.3) is 10.9 Å². The first-order valence-corrected chi connectivity index (χ1v) is 14.8. The lowest BCUT2D eigenvalue weighted by atomic mass is 9.95. The molecular formula is C31H31N3O3S. The lowest BCUT2D eigenvalue weighted by Gasteiger charge is -2.36. The number of benzene rings is 3. The molecule has 0 spiro atoms. The molecule has 6 rings (SSSR count). The van der Waals surface area contributed by atoms with Crippen LogP contribution in [0.4, 0.5) is 0 Å². The standard InChI is InChI=1S/C31H31N3O3S/c35-30(34-20-18-33(19-21-34)23-31(15-16-31)27-8-2-1-3-9-27)26-13-11-24(12-14-26)22-38(36,37)28-10-4-6-25-7-5-17-32-29(25)28/h1-14,17H,15-16,18-23H2. The summed E-state index contributed by atoms with van der Waals surface area (Å²) in [5, 5.41) is 0.794. The molecule has 0 N–H and O–H groups in total. The lowest BCUT2D eigenvalue weighted by molar-refractivity contribution is 0.0626. The van der Waals surface area contributed by atoms with Crippen molar-refractivity contribution >= 4 is 26.6 Å². The highest BCUT2D eigenvalue weighted by Gasteiger charge is 2.45. The zero-order valence-corrected chi connectivity index (χ0v) is 22.1.